The van der Waals surface area contributed by atoms with E-state index in [0.29, 0.717) is 0 Å². The van der Waals surface area contributed by atoms with Crippen LogP contribution >= 0.6 is 0 Å². The summed E-state index contributed by atoms with van der Waals surface area (Å²) in [5, 5.41) is 5.20. The maximum atomic E-state index is 12.7. The molecular weight excluding hydrogens is 348 g/mol. The smallest absolute Gasteiger partial charge is 0.408 e. The number of rotatable bonds is 7. The SMILES string of the molecule is CCOC(=O)[C@H](Cc1ccccc1)NC(=O)C(C)(C)NC(=O)OC(C)(C)C. The van der Waals surface area contributed by atoms with E-state index in [0.717, 1.165) is 5.56 Å². The molecule has 2 amide bonds. The average Bonchev–Trinajstić information content (AvgIpc) is 2.52. The molecule has 0 unspecified atom stereocenters. The molecule has 0 saturated carbocycles. The fourth-order valence-corrected chi connectivity index (χ4v) is 2.24. The quantitative estimate of drug-likeness (QED) is 0.711. The van der Waals surface area contributed by atoms with Gasteiger partial charge in [-0.3, -0.25) is 4.79 Å². The van der Waals surface area contributed by atoms with Gasteiger partial charge in [-0.15, -0.1) is 0 Å². The number of benzene rings is 1. The molecule has 0 aliphatic heterocycles. The molecule has 7 heteroatoms. The molecule has 0 fully saturated rings. The van der Waals surface area contributed by atoms with E-state index in [4.69, 9.17) is 9.47 Å². The van der Waals surface area contributed by atoms with Crippen LogP contribution in [0.25, 0.3) is 0 Å². The van der Waals surface area contributed by atoms with E-state index in [1.165, 1.54) is 13.8 Å². The minimum atomic E-state index is -1.27. The fourth-order valence-electron chi connectivity index (χ4n) is 2.24. The highest BCUT2D eigenvalue weighted by atomic mass is 16.6. The predicted octanol–water partition coefficient (Wildman–Crippen LogP) is 2.58. The molecule has 1 atom stereocenters. The highest BCUT2D eigenvalue weighted by molar-refractivity contribution is 5.92. The van der Waals surface area contributed by atoms with Crippen molar-refractivity contribution >= 4 is 18.0 Å². The Morgan fingerprint density at radius 3 is 2.15 bits per heavy atom. The van der Waals surface area contributed by atoms with Crippen molar-refractivity contribution < 1.29 is 23.9 Å². The molecular formula is C20H30N2O5. The summed E-state index contributed by atoms with van der Waals surface area (Å²) >= 11 is 0. The second kappa shape index (κ2) is 9.39. The Morgan fingerprint density at radius 1 is 1.04 bits per heavy atom. The third-order valence-electron chi connectivity index (χ3n) is 3.54. The van der Waals surface area contributed by atoms with Crippen LogP contribution in [0.1, 0.15) is 47.1 Å². The van der Waals surface area contributed by atoms with Crippen molar-refractivity contribution in [2.45, 2.75) is 65.1 Å². The van der Waals surface area contributed by atoms with Crippen LogP contribution in [0.3, 0.4) is 0 Å². The summed E-state index contributed by atoms with van der Waals surface area (Å²) in [5.41, 5.74) is -1.07. The van der Waals surface area contributed by atoms with Gasteiger partial charge in [-0.2, -0.15) is 0 Å². The van der Waals surface area contributed by atoms with E-state index in [9.17, 15) is 14.4 Å². The normalized spacial score (nSPS) is 12.7. The van der Waals surface area contributed by atoms with E-state index < -0.39 is 35.2 Å². The van der Waals surface area contributed by atoms with Gasteiger partial charge in [0, 0.05) is 6.42 Å². The number of carbonyl (C=O) groups excluding carboxylic acids is 3. The van der Waals surface area contributed by atoms with Crippen LogP contribution in [0.5, 0.6) is 0 Å². The van der Waals surface area contributed by atoms with Gasteiger partial charge in [-0.1, -0.05) is 30.3 Å². The Labute approximate surface area is 160 Å². The second-order valence-corrected chi connectivity index (χ2v) is 7.72. The first-order valence-electron chi connectivity index (χ1n) is 8.97. The topological polar surface area (TPSA) is 93.7 Å². The molecule has 0 aliphatic carbocycles. The average molecular weight is 378 g/mol. The Bertz CT molecular complexity index is 650. The highest BCUT2D eigenvalue weighted by Crippen LogP contribution is 2.11. The number of carbonyl (C=O) groups is 3. The molecule has 2 N–H and O–H groups in total. The molecule has 0 saturated heterocycles. The first-order valence-corrected chi connectivity index (χ1v) is 8.97. The second-order valence-electron chi connectivity index (χ2n) is 7.72. The summed E-state index contributed by atoms with van der Waals surface area (Å²) in [7, 11) is 0. The Morgan fingerprint density at radius 2 is 1.63 bits per heavy atom. The molecule has 0 bridgehead atoms. The lowest BCUT2D eigenvalue weighted by molar-refractivity contribution is -0.148. The van der Waals surface area contributed by atoms with Crippen molar-refractivity contribution in [3.8, 4) is 0 Å². The van der Waals surface area contributed by atoms with E-state index in [2.05, 4.69) is 10.6 Å². The Kier molecular flexibility index (Phi) is 7.82. The largest absolute Gasteiger partial charge is 0.464 e. The Hall–Kier alpha value is -2.57. The van der Waals surface area contributed by atoms with Crippen molar-refractivity contribution in [1.29, 1.82) is 0 Å². The van der Waals surface area contributed by atoms with Gasteiger partial charge < -0.3 is 20.1 Å². The number of hydrogen-bond acceptors (Lipinski definition) is 5. The van der Waals surface area contributed by atoms with Gasteiger partial charge in [0.25, 0.3) is 0 Å². The summed E-state index contributed by atoms with van der Waals surface area (Å²) in [6, 6.07) is 8.45. The fraction of sp³-hybridized carbons (Fsp3) is 0.550. The molecule has 0 spiro atoms. The molecule has 0 aliphatic rings. The van der Waals surface area contributed by atoms with Crippen molar-refractivity contribution in [2.75, 3.05) is 6.61 Å². The predicted molar refractivity (Wildman–Crippen MR) is 102 cm³/mol. The van der Waals surface area contributed by atoms with Gasteiger partial charge in [-0.05, 0) is 47.1 Å². The van der Waals surface area contributed by atoms with E-state index >= 15 is 0 Å². The monoisotopic (exact) mass is 378 g/mol. The van der Waals surface area contributed by atoms with Crippen molar-refractivity contribution in [2.24, 2.45) is 0 Å². The van der Waals surface area contributed by atoms with Crippen LogP contribution < -0.4 is 10.6 Å². The van der Waals surface area contributed by atoms with Gasteiger partial charge >= 0.3 is 12.1 Å². The first-order chi connectivity index (χ1) is 12.4. The van der Waals surface area contributed by atoms with Crippen molar-refractivity contribution in [1.82, 2.24) is 10.6 Å². The molecule has 0 heterocycles. The standard InChI is InChI=1S/C20H30N2O5/c1-7-26-16(23)15(13-14-11-9-8-10-12-14)21-17(24)20(5,6)22-18(25)27-19(2,3)4/h8-12,15H,7,13H2,1-6H3,(H,21,24)(H,22,25)/t15-/m0/s1. The molecule has 7 nitrogen and oxygen atoms in total. The van der Waals surface area contributed by atoms with Crippen LogP contribution in [0.2, 0.25) is 0 Å². The van der Waals surface area contributed by atoms with Crippen molar-refractivity contribution in [3.05, 3.63) is 35.9 Å². The minimum Gasteiger partial charge on any atom is -0.464 e. The van der Waals surface area contributed by atoms with Gasteiger partial charge in [0.2, 0.25) is 5.91 Å². The number of nitrogens with one attached hydrogen (secondary N) is 2. The number of esters is 1. The first kappa shape index (κ1) is 22.5. The van der Waals surface area contributed by atoms with Gasteiger partial charge in [0.1, 0.15) is 17.2 Å². The number of ether oxygens (including phenoxy) is 2. The molecule has 0 radical (unpaired) electrons. The van der Waals surface area contributed by atoms with E-state index in [1.54, 1.807) is 27.7 Å². The lowest BCUT2D eigenvalue weighted by atomic mass is 10.0. The number of alkyl carbamates (subject to hydrolysis) is 1. The molecule has 0 aromatic heterocycles. The van der Waals surface area contributed by atoms with Crippen LogP contribution in [0, 0.1) is 0 Å². The molecule has 1 rings (SSSR count). The third-order valence-corrected chi connectivity index (χ3v) is 3.54. The zero-order chi connectivity index (χ0) is 20.7. The lowest BCUT2D eigenvalue weighted by Gasteiger charge is -2.29. The maximum absolute atomic E-state index is 12.7. The zero-order valence-electron chi connectivity index (χ0n) is 16.9. The van der Waals surface area contributed by atoms with Crippen LogP contribution in [-0.2, 0) is 25.5 Å². The van der Waals surface area contributed by atoms with Crippen molar-refractivity contribution in [3.63, 3.8) is 0 Å². The van der Waals surface area contributed by atoms with Gasteiger partial charge in [-0.25, -0.2) is 9.59 Å². The highest BCUT2D eigenvalue weighted by Gasteiger charge is 2.34. The van der Waals surface area contributed by atoms with Gasteiger partial charge in [0.05, 0.1) is 6.61 Å². The summed E-state index contributed by atoms with van der Waals surface area (Å²) < 4.78 is 10.3. The minimum absolute atomic E-state index is 0.208. The zero-order valence-corrected chi connectivity index (χ0v) is 16.9. The maximum Gasteiger partial charge on any atom is 0.408 e. The molecule has 27 heavy (non-hydrogen) atoms. The lowest BCUT2D eigenvalue weighted by Crippen LogP contribution is -2.58. The van der Waals surface area contributed by atoms with E-state index in [-0.39, 0.29) is 13.0 Å². The summed E-state index contributed by atoms with van der Waals surface area (Å²) in [4.78, 5) is 36.9. The van der Waals surface area contributed by atoms with Crippen LogP contribution in [0.4, 0.5) is 4.79 Å². The summed E-state index contributed by atoms with van der Waals surface area (Å²) in [6.07, 6.45) is -0.424. The van der Waals surface area contributed by atoms with Gasteiger partial charge in [0.15, 0.2) is 0 Å². The van der Waals surface area contributed by atoms with E-state index in [1.807, 2.05) is 30.3 Å². The third kappa shape index (κ3) is 8.11. The summed E-state index contributed by atoms with van der Waals surface area (Å²) in [5.74, 6) is -1.04. The molecule has 150 valence electrons. The van der Waals surface area contributed by atoms with Crippen LogP contribution in [-0.4, -0.2) is 41.8 Å². The molecule has 1 aromatic carbocycles. The number of hydrogen-bond donors (Lipinski definition) is 2. The van der Waals surface area contributed by atoms with Crippen LogP contribution in [0.15, 0.2) is 30.3 Å². The molecule has 1 aromatic rings. The Balaban J connectivity index is 2.84. The summed E-state index contributed by atoms with van der Waals surface area (Å²) in [6.45, 7) is 10.2. The number of amides is 2.